The lowest BCUT2D eigenvalue weighted by Gasteiger charge is -1.91. The van der Waals surface area contributed by atoms with E-state index in [-0.39, 0.29) is 0 Å². The maximum Gasteiger partial charge on any atom is 0.397 e. The van der Waals surface area contributed by atoms with Crippen LogP contribution >= 0.6 is 0 Å². The molecule has 0 fully saturated rings. The summed E-state index contributed by atoms with van der Waals surface area (Å²) < 4.78 is 31.5. The van der Waals surface area contributed by atoms with Crippen molar-refractivity contribution in [2.24, 2.45) is 5.73 Å². The lowest BCUT2D eigenvalue weighted by molar-refractivity contribution is -0.113. The van der Waals surface area contributed by atoms with Crippen molar-refractivity contribution in [2.45, 2.75) is 0 Å². The van der Waals surface area contributed by atoms with Crippen molar-refractivity contribution in [1.82, 2.24) is 0 Å². The van der Waals surface area contributed by atoms with Crippen molar-refractivity contribution in [3.8, 4) is 0 Å². The van der Waals surface area contributed by atoms with Gasteiger partial charge in [0.25, 0.3) is 0 Å². The Balaban J connectivity index is 3.68. The largest absolute Gasteiger partial charge is 0.397 e. The molecule has 0 rings (SSSR count). The van der Waals surface area contributed by atoms with Crippen LogP contribution in [0.15, 0.2) is 12.2 Å². The fraction of sp³-hybridized carbons (Fsp3) is 0.250. The zero-order valence-corrected chi connectivity index (χ0v) is 6.24. The third-order valence-electron chi connectivity index (χ3n) is 0.595. The average molecular weight is 181 g/mol. The van der Waals surface area contributed by atoms with E-state index in [2.05, 4.69) is 9.92 Å². The molecular weight excluding hydrogens is 174 g/mol. The number of primary amides is 1. The summed E-state index contributed by atoms with van der Waals surface area (Å²) in [7, 11) is -4.43. The van der Waals surface area contributed by atoms with E-state index in [1.807, 2.05) is 0 Å². The van der Waals surface area contributed by atoms with Crippen LogP contribution in [0.1, 0.15) is 0 Å². The number of hydrogen-bond acceptors (Lipinski definition) is 4. The molecule has 0 aliphatic rings. The standard InChI is InChI=1S/C4H7NO5S/c5-4(6)2-1-3-10-11(7,8)9/h1-2H,3H2,(H2,5,6)(H,7,8,9). The van der Waals surface area contributed by atoms with E-state index in [0.717, 1.165) is 12.2 Å². The van der Waals surface area contributed by atoms with Crippen LogP contribution in [0.4, 0.5) is 0 Å². The molecule has 0 spiro atoms. The number of nitrogens with two attached hydrogens (primary N) is 1. The second-order valence-electron chi connectivity index (χ2n) is 1.52. The molecule has 0 heterocycles. The van der Waals surface area contributed by atoms with Gasteiger partial charge < -0.3 is 5.73 Å². The first-order valence-electron chi connectivity index (χ1n) is 2.49. The van der Waals surface area contributed by atoms with Crippen molar-refractivity contribution in [2.75, 3.05) is 6.61 Å². The molecule has 6 nitrogen and oxygen atoms in total. The smallest absolute Gasteiger partial charge is 0.366 e. The van der Waals surface area contributed by atoms with Gasteiger partial charge in [-0.3, -0.25) is 9.35 Å². The first-order valence-corrected chi connectivity index (χ1v) is 3.86. The molecule has 0 unspecified atom stereocenters. The first kappa shape index (κ1) is 10.1. The van der Waals surface area contributed by atoms with E-state index >= 15 is 0 Å². The Kier molecular flexibility index (Phi) is 3.72. The third kappa shape index (κ3) is 9.08. The summed E-state index contributed by atoms with van der Waals surface area (Å²) in [5.41, 5.74) is 4.65. The molecule has 0 saturated carbocycles. The van der Waals surface area contributed by atoms with Gasteiger partial charge in [-0.25, -0.2) is 4.18 Å². The summed E-state index contributed by atoms with van der Waals surface area (Å²) >= 11 is 0. The monoisotopic (exact) mass is 181 g/mol. The highest BCUT2D eigenvalue weighted by Gasteiger charge is 2.00. The van der Waals surface area contributed by atoms with Crippen LogP contribution in [0.5, 0.6) is 0 Å². The predicted octanol–water partition coefficient (Wildman–Crippen LogP) is -1.15. The molecule has 0 radical (unpaired) electrons. The zero-order valence-electron chi connectivity index (χ0n) is 5.43. The van der Waals surface area contributed by atoms with Gasteiger partial charge in [-0.15, -0.1) is 0 Å². The van der Waals surface area contributed by atoms with Crippen LogP contribution in [-0.4, -0.2) is 25.5 Å². The van der Waals surface area contributed by atoms with Gasteiger partial charge in [0.05, 0.1) is 6.61 Å². The second-order valence-corrected chi connectivity index (χ2v) is 2.61. The minimum Gasteiger partial charge on any atom is -0.366 e. The average Bonchev–Trinajstić information content (AvgIpc) is 1.78. The van der Waals surface area contributed by atoms with Crippen molar-refractivity contribution < 1.29 is 21.9 Å². The van der Waals surface area contributed by atoms with Crippen LogP contribution in [0, 0.1) is 0 Å². The topological polar surface area (TPSA) is 107 Å². The van der Waals surface area contributed by atoms with Crippen LogP contribution < -0.4 is 5.73 Å². The van der Waals surface area contributed by atoms with Crippen molar-refractivity contribution in [1.29, 1.82) is 0 Å². The Labute approximate surface area is 63.6 Å². The van der Waals surface area contributed by atoms with E-state index in [1.165, 1.54) is 0 Å². The van der Waals surface area contributed by atoms with E-state index in [4.69, 9.17) is 4.55 Å². The van der Waals surface area contributed by atoms with Crippen LogP contribution in [0.2, 0.25) is 0 Å². The van der Waals surface area contributed by atoms with E-state index < -0.39 is 22.9 Å². The highest BCUT2D eigenvalue weighted by Crippen LogP contribution is 1.85. The SMILES string of the molecule is NC(=O)C=CCOS(=O)(=O)O. The summed E-state index contributed by atoms with van der Waals surface area (Å²) in [6.07, 6.45) is 1.99. The molecule has 7 heteroatoms. The quantitative estimate of drug-likeness (QED) is 0.420. The molecule has 0 aromatic heterocycles. The molecule has 11 heavy (non-hydrogen) atoms. The molecule has 0 saturated heterocycles. The number of amides is 1. The van der Waals surface area contributed by atoms with Gasteiger partial charge in [-0.05, 0) is 0 Å². The minimum absolute atomic E-state index is 0.415. The number of rotatable bonds is 4. The molecule has 0 aliphatic carbocycles. The van der Waals surface area contributed by atoms with Crippen molar-refractivity contribution in [3.05, 3.63) is 12.2 Å². The fourth-order valence-corrected chi connectivity index (χ4v) is 0.540. The van der Waals surface area contributed by atoms with Crippen molar-refractivity contribution in [3.63, 3.8) is 0 Å². The van der Waals surface area contributed by atoms with Gasteiger partial charge in [-0.1, -0.05) is 6.08 Å². The van der Waals surface area contributed by atoms with Gasteiger partial charge in [-0.2, -0.15) is 8.42 Å². The van der Waals surface area contributed by atoms with Crippen molar-refractivity contribution >= 4 is 16.3 Å². The van der Waals surface area contributed by atoms with Crippen LogP contribution in [-0.2, 0) is 19.4 Å². The Hall–Kier alpha value is -0.920. The third-order valence-corrected chi connectivity index (χ3v) is 1.03. The highest BCUT2D eigenvalue weighted by molar-refractivity contribution is 7.80. The molecule has 0 atom stereocenters. The Bertz CT molecular complexity index is 254. The molecule has 0 aromatic carbocycles. The Morgan fingerprint density at radius 1 is 1.64 bits per heavy atom. The normalized spacial score (nSPS) is 12.1. The number of carbonyl (C=O) groups is 1. The minimum atomic E-state index is -4.43. The summed E-state index contributed by atoms with van der Waals surface area (Å²) in [6.45, 7) is -0.415. The van der Waals surface area contributed by atoms with E-state index in [1.54, 1.807) is 0 Å². The van der Waals surface area contributed by atoms with Gasteiger partial charge in [0, 0.05) is 6.08 Å². The van der Waals surface area contributed by atoms with Gasteiger partial charge >= 0.3 is 10.4 Å². The van der Waals surface area contributed by atoms with Gasteiger partial charge in [0.2, 0.25) is 5.91 Å². The molecule has 3 N–H and O–H groups in total. The number of carbonyl (C=O) groups excluding carboxylic acids is 1. The fourth-order valence-electron chi connectivity index (χ4n) is 0.290. The summed E-state index contributed by atoms with van der Waals surface area (Å²) in [6, 6.07) is 0. The number of hydrogen-bond donors (Lipinski definition) is 2. The zero-order chi connectivity index (χ0) is 8.91. The first-order chi connectivity index (χ1) is 4.92. The van der Waals surface area contributed by atoms with E-state index in [9.17, 15) is 13.2 Å². The maximum atomic E-state index is 9.99. The van der Waals surface area contributed by atoms with E-state index in [0.29, 0.717) is 0 Å². The van der Waals surface area contributed by atoms with Gasteiger partial charge in [0.1, 0.15) is 0 Å². The molecule has 0 bridgehead atoms. The highest BCUT2D eigenvalue weighted by atomic mass is 32.3. The maximum absolute atomic E-state index is 9.99. The van der Waals surface area contributed by atoms with Crippen LogP contribution in [0.3, 0.4) is 0 Å². The molecular formula is C4H7NO5S. The molecule has 1 amide bonds. The molecule has 64 valence electrons. The Morgan fingerprint density at radius 3 is 2.55 bits per heavy atom. The summed E-state index contributed by atoms with van der Waals surface area (Å²) in [5, 5.41) is 0. The lowest BCUT2D eigenvalue weighted by atomic mass is 10.5. The molecule has 0 aliphatic heterocycles. The second kappa shape index (κ2) is 4.06. The predicted molar refractivity (Wildman–Crippen MR) is 35.8 cm³/mol. The summed E-state index contributed by atoms with van der Waals surface area (Å²) in [4.78, 5) is 9.99. The Morgan fingerprint density at radius 2 is 2.18 bits per heavy atom. The van der Waals surface area contributed by atoms with Gasteiger partial charge in [0.15, 0.2) is 0 Å². The molecule has 0 aromatic rings. The summed E-state index contributed by atoms with van der Waals surface area (Å²) in [5.74, 6) is -0.719. The lowest BCUT2D eigenvalue weighted by Crippen LogP contribution is -2.07. The van der Waals surface area contributed by atoms with Crippen LogP contribution in [0.25, 0.3) is 0 Å².